The van der Waals surface area contributed by atoms with Crippen molar-refractivity contribution in [1.82, 2.24) is 15.0 Å². The van der Waals surface area contributed by atoms with Gasteiger partial charge in [-0.05, 0) is 36.4 Å². The quantitative estimate of drug-likeness (QED) is 0.787. The number of nitrogens with zero attached hydrogens (tertiary/aromatic N) is 3. The molecular formula is C13H7Cl2N3O2. The van der Waals surface area contributed by atoms with E-state index in [-0.39, 0.29) is 5.56 Å². The number of carboxylic acids is 1. The lowest BCUT2D eigenvalue weighted by Gasteiger charge is -2.04. The topological polar surface area (TPSA) is 68.0 Å². The second-order valence-corrected chi connectivity index (χ2v) is 5.01. The Hall–Kier alpha value is -2.11. The van der Waals surface area contributed by atoms with Crippen molar-refractivity contribution in [2.75, 3.05) is 0 Å². The third-order valence-electron chi connectivity index (χ3n) is 2.78. The molecule has 0 atom stereocenters. The van der Waals surface area contributed by atoms with Crippen molar-refractivity contribution in [1.29, 1.82) is 0 Å². The zero-order valence-corrected chi connectivity index (χ0v) is 11.4. The summed E-state index contributed by atoms with van der Waals surface area (Å²) in [5.41, 5.74) is 1.94. The lowest BCUT2D eigenvalue weighted by Crippen LogP contribution is -1.99. The fourth-order valence-electron chi connectivity index (χ4n) is 1.90. The molecule has 2 aromatic carbocycles. The molecule has 0 aliphatic carbocycles. The van der Waals surface area contributed by atoms with Crippen LogP contribution in [0.3, 0.4) is 0 Å². The zero-order valence-electron chi connectivity index (χ0n) is 9.92. The van der Waals surface area contributed by atoms with Gasteiger partial charge in [-0.25, -0.2) is 9.48 Å². The summed E-state index contributed by atoms with van der Waals surface area (Å²) < 4.78 is 1.50. The maximum atomic E-state index is 11.0. The number of hydrogen-bond donors (Lipinski definition) is 1. The van der Waals surface area contributed by atoms with E-state index in [1.807, 2.05) is 0 Å². The van der Waals surface area contributed by atoms with Crippen LogP contribution in [0.2, 0.25) is 10.0 Å². The maximum absolute atomic E-state index is 11.0. The minimum atomic E-state index is -1.01. The first-order valence-corrected chi connectivity index (χ1v) is 6.35. The van der Waals surface area contributed by atoms with Crippen molar-refractivity contribution in [3.8, 4) is 5.69 Å². The van der Waals surface area contributed by atoms with E-state index in [4.69, 9.17) is 28.3 Å². The van der Waals surface area contributed by atoms with Crippen LogP contribution in [0.5, 0.6) is 0 Å². The predicted octanol–water partition coefficient (Wildman–Crippen LogP) is 3.43. The molecule has 0 bridgehead atoms. The Bertz CT molecular complexity index is 809. The van der Waals surface area contributed by atoms with Gasteiger partial charge >= 0.3 is 5.97 Å². The van der Waals surface area contributed by atoms with E-state index in [1.54, 1.807) is 24.3 Å². The summed E-state index contributed by atoms with van der Waals surface area (Å²) in [7, 11) is 0. The number of aromatic nitrogens is 3. The van der Waals surface area contributed by atoms with Crippen LogP contribution in [0, 0.1) is 0 Å². The number of aromatic carboxylic acids is 1. The van der Waals surface area contributed by atoms with Gasteiger partial charge in [0.1, 0.15) is 5.52 Å². The molecule has 1 aromatic heterocycles. The number of carboxylic acid groups (broad SMARTS) is 1. The molecule has 0 fully saturated rings. The molecule has 3 aromatic rings. The van der Waals surface area contributed by atoms with E-state index in [9.17, 15) is 4.79 Å². The SMILES string of the molecule is O=C(O)c1ccc2nnn(-c3cc(Cl)cc(Cl)c3)c2c1. The lowest BCUT2D eigenvalue weighted by atomic mass is 10.2. The lowest BCUT2D eigenvalue weighted by molar-refractivity contribution is 0.0697. The summed E-state index contributed by atoms with van der Waals surface area (Å²) in [6, 6.07) is 9.55. The smallest absolute Gasteiger partial charge is 0.335 e. The highest BCUT2D eigenvalue weighted by Crippen LogP contribution is 2.24. The summed E-state index contributed by atoms with van der Waals surface area (Å²) in [4.78, 5) is 11.0. The summed E-state index contributed by atoms with van der Waals surface area (Å²) in [6.07, 6.45) is 0. The second kappa shape index (κ2) is 4.77. The third kappa shape index (κ3) is 2.21. The molecule has 0 unspecified atom stereocenters. The second-order valence-electron chi connectivity index (χ2n) is 4.14. The summed E-state index contributed by atoms with van der Waals surface area (Å²) in [6.45, 7) is 0. The molecule has 0 radical (unpaired) electrons. The molecule has 0 saturated carbocycles. The van der Waals surface area contributed by atoms with Gasteiger partial charge in [0.15, 0.2) is 0 Å². The molecule has 5 nitrogen and oxygen atoms in total. The summed E-state index contributed by atoms with van der Waals surface area (Å²) in [5.74, 6) is -1.01. The average Bonchev–Trinajstić information content (AvgIpc) is 2.80. The van der Waals surface area contributed by atoms with Gasteiger partial charge in [-0.3, -0.25) is 0 Å². The molecular weight excluding hydrogens is 301 g/mol. The Morgan fingerprint density at radius 1 is 1.10 bits per heavy atom. The minimum Gasteiger partial charge on any atom is -0.478 e. The van der Waals surface area contributed by atoms with Crippen molar-refractivity contribution in [3.63, 3.8) is 0 Å². The Labute approximate surface area is 123 Å². The van der Waals surface area contributed by atoms with Gasteiger partial charge in [0, 0.05) is 10.0 Å². The maximum Gasteiger partial charge on any atom is 0.335 e. The number of benzene rings is 2. The molecule has 100 valence electrons. The fourth-order valence-corrected chi connectivity index (χ4v) is 2.42. The molecule has 0 spiro atoms. The molecule has 3 rings (SSSR count). The van der Waals surface area contributed by atoms with Gasteiger partial charge in [0.2, 0.25) is 0 Å². The Morgan fingerprint density at radius 2 is 1.80 bits per heavy atom. The van der Waals surface area contributed by atoms with Gasteiger partial charge in [0.25, 0.3) is 0 Å². The van der Waals surface area contributed by atoms with Gasteiger partial charge < -0.3 is 5.11 Å². The summed E-state index contributed by atoms with van der Waals surface area (Å²) in [5, 5.41) is 18.0. The monoisotopic (exact) mass is 307 g/mol. The van der Waals surface area contributed by atoms with Crippen LogP contribution in [0.15, 0.2) is 36.4 Å². The number of hydrogen-bond acceptors (Lipinski definition) is 3. The van der Waals surface area contributed by atoms with Crippen LogP contribution >= 0.6 is 23.2 Å². The summed E-state index contributed by atoms with van der Waals surface area (Å²) >= 11 is 11.9. The molecule has 0 aliphatic heterocycles. The Morgan fingerprint density at radius 3 is 2.45 bits per heavy atom. The van der Waals surface area contributed by atoms with E-state index in [0.29, 0.717) is 26.8 Å². The fraction of sp³-hybridized carbons (Fsp3) is 0. The number of fused-ring (bicyclic) bond motifs is 1. The highest BCUT2D eigenvalue weighted by atomic mass is 35.5. The predicted molar refractivity (Wildman–Crippen MR) is 75.8 cm³/mol. The molecule has 1 N–H and O–H groups in total. The minimum absolute atomic E-state index is 0.161. The highest BCUT2D eigenvalue weighted by Gasteiger charge is 2.11. The normalized spacial score (nSPS) is 10.9. The zero-order chi connectivity index (χ0) is 14.3. The molecule has 1 heterocycles. The van der Waals surface area contributed by atoms with E-state index < -0.39 is 5.97 Å². The average molecular weight is 308 g/mol. The largest absolute Gasteiger partial charge is 0.478 e. The van der Waals surface area contributed by atoms with Crippen molar-refractivity contribution < 1.29 is 9.90 Å². The van der Waals surface area contributed by atoms with Gasteiger partial charge in [-0.1, -0.05) is 28.4 Å². The van der Waals surface area contributed by atoms with Crippen LogP contribution < -0.4 is 0 Å². The first-order valence-electron chi connectivity index (χ1n) is 5.60. The Kier molecular flexibility index (Phi) is 3.08. The van der Waals surface area contributed by atoms with Gasteiger partial charge in [0.05, 0.1) is 16.8 Å². The number of carbonyl (C=O) groups is 1. The van der Waals surface area contributed by atoms with E-state index in [0.717, 1.165) is 0 Å². The van der Waals surface area contributed by atoms with Crippen molar-refractivity contribution in [2.45, 2.75) is 0 Å². The standard InChI is InChI=1S/C13H7Cl2N3O2/c14-8-4-9(15)6-10(5-8)18-12-3-7(13(19)20)1-2-11(12)16-17-18/h1-6H,(H,19,20). The first kappa shape index (κ1) is 12.9. The third-order valence-corrected chi connectivity index (χ3v) is 3.22. The van der Waals surface area contributed by atoms with Gasteiger partial charge in [-0.2, -0.15) is 0 Å². The Balaban J connectivity index is 2.25. The molecule has 0 amide bonds. The van der Waals surface area contributed by atoms with Crippen molar-refractivity contribution in [2.24, 2.45) is 0 Å². The highest BCUT2D eigenvalue weighted by molar-refractivity contribution is 6.34. The van der Waals surface area contributed by atoms with Gasteiger partial charge in [-0.15, -0.1) is 5.10 Å². The molecule has 0 saturated heterocycles. The van der Waals surface area contributed by atoms with E-state index >= 15 is 0 Å². The van der Waals surface area contributed by atoms with Crippen LogP contribution in [-0.4, -0.2) is 26.1 Å². The first-order chi connectivity index (χ1) is 9.54. The molecule has 7 heteroatoms. The van der Waals surface area contributed by atoms with Crippen LogP contribution in [0.25, 0.3) is 16.7 Å². The van der Waals surface area contributed by atoms with Crippen molar-refractivity contribution >= 4 is 40.2 Å². The molecule has 20 heavy (non-hydrogen) atoms. The van der Waals surface area contributed by atoms with Crippen LogP contribution in [0.1, 0.15) is 10.4 Å². The van der Waals surface area contributed by atoms with Crippen LogP contribution in [-0.2, 0) is 0 Å². The van der Waals surface area contributed by atoms with E-state index in [2.05, 4.69) is 10.3 Å². The molecule has 0 aliphatic rings. The number of rotatable bonds is 2. The van der Waals surface area contributed by atoms with Crippen LogP contribution in [0.4, 0.5) is 0 Å². The van der Waals surface area contributed by atoms with E-state index in [1.165, 1.54) is 16.8 Å². The van der Waals surface area contributed by atoms with Crippen molar-refractivity contribution in [3.05, 3.63) is 52.0 Å². The number of halogens is 2.